The van der Waals surface area contributed by atoms with E-state index in [1.807, 2.05) is 0 Å². The first-order valence-electron chi connectivity index (χ1n) is 7.15. The maximum atomic E-state index is 13.6. The highest BCUT2D eigenvalue weighted by molar-refractivity contribution is 5.92. The zero-order valence-corrected chi connectivity index (χ0v) is 12.7. The molecule has 1 amide bonds. The number of hydrogen-bond acceptors (Lipinski definition) is 4. The van der Waals surface area contributed by atoms with Gasteiger partial charge in [-0.2, -0.15) is 0 Å². The molecular weight excluding hydrogens is 316 g/mol. The summed E-state index contributed by atoms with van der Waals surface area (Å²) in [7, 11) is 0. The lowest BCUT2D eigenvalue weighted by Gasteiger charge is -2.06. The van der Waals surface area contributed by atoms with Crippen LogP contribution in [-0.4, -0.2) is 15.9 Å². The first-order chi connectivity index (χ1) is 11.5. The molecule has 3 rings (SSSR count). The minimum Gasteiger partial charge on any atom is -0.441 e. The van der Waals surface area contributed by atoms with Gasteiger partial charge in [0.15, 0.2) is 0 Å². The van der Waals surface area contributed by atoms with Gasteiger partial charge in [0.2, 0.25) is 11.8 Å². The number of halogens is 2. The van der Waals surface area contributed by atoms with Gasteiger partial charge in [0.1, 0.15) is 23.1 Å². The van der Waals surface area contributed by atoms with Crippen LogP contribution >= 0.6 is 0 Å². The van der Waals surface area contributed by atoms with Gasteiger partial charge in [-0.25, -0.2) is 13.8 Å². The Morgan fingerprint density at radius 1 is 1.21 bits per heavy atom. The van der Waals surface area contributed by atoms with Gasteiger partial charge in [-0.3, -0.25) is 9.78 Å². The number of carbonyl (C=O) groups excluding carboxylic acids is 1. The Bertz CT molecular complexity index is 859. The van der Waals surface area contributed by atoms with E-state index in [0.717, 1.165) is 12.1 Å². The molecule has 3 aromatic rings. The number of hydrogen-bond donors (Lipinski definition) is 1. The summed E-state index contributed by atoms with van der Waals surface area (Å²) < 4.78 is 32.6. The van der Waals surface area contributed by atoms with Crippen molar-refractivity contribution in [2.75, 3.05) is 5.32 Å². The van der Waals surface area contributed by atoms with Crippen LogP contribution in [0.25, 0.3) is 11.5 Å². The third-order valence-electron chi connectivity index (χ3n) is 3.36. The Balaban J connectivity index is 1.77. The SMILES string of the molecule is Cc1oc(-c2cccnc2)nc1CC(=O)Nc1c(F)cccc1F. The number of carbonyl (C=O) groups is 1. The quantitative estimate of drug-likeness (QED) is 0.795. The topological polar surface area (TPSA) is 68.0 Å². The maximum absolute atomic E-state index is 13.6. The van der Waals surface area contributed by atoms with E-state index in [0.29, 0.717) is 22.9 Å². The number of amides is 1. The van der Waals surface area contributed by atoms with E-state index < -0.39 is 23.2 Å². The molecule has 0 saturated carbocycles. The van der Waals surface area contributed by atoms with Crippen LogP contribution in [0.3, 0.4) is 0 Å². The van der Waals surface area contributed by atoms with Crippen molar-refractivity contribution in [3.63, 3.8) is 0 Å². The van der Waals surface area contributed by atoms with E-state index in [1.54, 1.807) is 31.5 Å². The number of aryl methyl sites for hydroxylation is 1. The van der Waals surface area contributed by atoms with Crippen molar-refractivity contribution in [3.05, 3.63) is 65.8 Å². The fraction of sp³-hybridized carbons (Fsp3) is 0.118. The lowest BCUT2D eigenvalue weighted by Crippen LogP contribution is -2.17. The van der Waals surface area contributed by atoms with Crippen LogP contribution in [0.15, 0.2) is 47.1 Å². The van der Waals surface area contributed by atoms with Crippen LogP contribution in [0.2, 0.25) is 0 Å². The molecule has 5 nitrogen and oxygen atoms in total. The number of rotatable bonds is 4. The summed E-state index contributed by atoms with van der Waals surface area (Å²) in [5.41, 5.74) is 0.589. The molecule has 0 saturated heterocycles. The summed E-state index contributed by atoms with van der Waals surface area (Å²) in [6.07, 6.45) is 3.05. The van der Waals surface area contributed by atoms with Gasteiger partial charge in [-0.15, -0.1) is 0 Å². The normalized spacial score (nSPS) is 10.6. The van der Waals surface area contributed by atoms with Crippen molar-refractivity contribution in [1.29, 1.82) is 0 Å². The van der Waals surface area contributed by atoms with Gasteiger partial charge in [0.05, 0.1) is 17.7 Å². The molecule has 0 atom stereocenters. The lowest BCUT2D eigenvalue weighted by molar-refractivity contribution is -0.115. The molecule has 24 heavy (non-hydrogen) atoms. The highest BCUT2D eigenvalue weighted by Gasteiger charge is 2.17. The molecule has 0 aliphatic carbocycles. The van der Waals surface area contributed by atoms with Gasteiger partial charge >= 0.3 is 0 Å². The van der Waals surface area contributed by atoms with Crippen LogP contribution in [-0.2, 0) is 11.2 Å². The molecule has 7 heteroatoms. The van der Waals surface area contributed by atoms with Gasteiger partial charge in [-0.05, 0) is 31.2 Å². The standard InChI is InChI=1S/C17H13F2N3O2/c1-10-14(21-17(24-10)11-4-3-7-20-9-11)8-15(23)22-16-12(18)5-2-6-13(16)19/h2-7,9H,8H2,1H3,(H,22,23). The number of oxazole rings is 1. The smallest absolute Gasteiger partial charge is 0.230 e. The molecule has 0 fully saturated rings. The van der Waals surface area contributed by atoms with Crippen LogP contribution in [0.4, 0.5) is 14.5 Å². The fourth-order valence-electron chi connectivity index (χ4n) is 2.16. The molecule has 0 unspecified atom stereocenters. The Labute approximate surface area is 136 Å². The highest BCUT2D eigenvalue weighted by atomic mass is 19.1. The number of para-hydroxylation sites is 1. The second-order valence-electron chi connectivity index (χ2n) is 5.09. The largest absolute Gasteiger partial charge is 0.441 e. The van der Waals surface area contributed by atoms with E-state index in [4.69, 9.17) is 4.42 Å². The van der Waals surface area contributed by atoms with E-state index in [1.165, 1.54) is 6.07 Å². The average molecular weight is 329 g/mol. The van der Waals surface area contributed by atoms with Gasteiger partial charge in [0.25, 0.3) is 0 Å². The van der Waals surface area contributed by atoms with Gasteiger partial charge in [-0.1, -0.05) is 6.07 Å². The molecule has 1 aromatic carbocycles. The molecule has 2 heterocycles. The molecule has 1 N–H and O–H groups in total. The molecule has 122 valence electrons. The van der Waals surface area contributed by atoms with Crippen LogP contribution in [0.5, 0.6) is 0 Å². The van der Waals surface area contributed by atoms with Gasteiger partial charge < -0.3 is 9.73 Å². The monoisotopic (exact) mass is 329 g/mol. The van der Waals surface area contributed by atoms with Crippen molar-refractivity contribution in [2.45, 2.75) is 13.3 Å². The summed E-state index contributed by atoms with van der Waals surface area (Å²) in [6, 6.07) is 6.88. The third-order valence-corrected chi connectivity index (χ3v) is 3.36. The summed E-state index contributed by atoms with van der Waals surface area (Å²) in [5, 5.41) is 2.22. The molecule has 0 aliphatic heterocycles. The Morgan fingerprint density at radius 2 is 1.96 bits per heavy atom. The molecule has 0 radical (unpaired) electrons. The van der Waals surface area contributed by atoms with Crippen LogP contribution < -0.4 is 5.32 Å². The van der Waals surface area contributed by atoms with E-state index in [9.17, 15) is 13.6 Å². The predicted octanol–water partition coefficient (Wildman–Crippen LogP) is 3.50. The first kappa shape index (κ1) is 15.8. The second kappa shape index (κ2) is 6.57. The van der Waals surface area contributed by atoms with Crippen molar-refractivity contribution in [3.8, 4) is 11.5 Å². The minimum absolute atomic E-state index is 0.163. The zero-order chi connectivity index (χ0) is 17.1. The van der Waals surface area contributed by atoms with E-state index in [2.05, 4.69) is 15.3 Å². The number of benzene rings is 1. The Hall–Kier alpha value is -3.09. The first-order valence-corrected chi connectivity index (χ1v) is 7.15. The van der Waals surface area contributed by atoms with Crippen molar-refractivity contribution in [1.82, 2.24) is 9.97 Å². The number of aromatic nitrogens is 2. The van der Waals surface area contributed by atoms with E-state index in [-0.39, 0.29) is 6.42 Å². The number of nitrogens with one attached hydrogen (secondary N) is 1. The lowest BCUT2D eigenvalue weighted by atomic mass is 10.2. The summed E-state index contributed by atoms with van der Waals surface area (Å²) in [6.45, 7) is 1.67. The Morgan fingerprint density at radius 3 is 2.62 bits per heavy atom. The second-order valence-corrected chi connectivity index (χ2v) is 5.09. The number of pyridine rings is 1. The number of anilines is 1. The highest BCUT2D eigenvalue weighted by Crippen LogP contribution is 2.22. The zero-order valence-electron chi connectivity index (χ0n) is 12.7. The van der Waals surface area contributed by atoms with Crippen molar-refractivity contribution >= 4 is 11.6 Å². The van der Waals surface area contributed by atoms with E-state index >= 15 is 0 Å². The fourth-order valence-corrected chi connectivity index (χ4v) is 2.16. The summed E-state index contributed by atoms with van der Waals surface area (Å²) in [5.74, 6) is -1.47. The van der Waals surface area contributed by atoms with Crippen LogP contribution in [0, 0.1) is 18.6 Å². The van der Waals surface area contributed by atoms with Crippen molar-refractivity contribution in [2.24, 2.45) is 0 Å². The third kappa shape index (κ3) is 3.29. The molecule has 0 aliphatic rings. The molecule has 0 bridgehead atoms. The maximum Gasteiger partial charge on any atom is 0.230 e. The Kier molecular flexibility index (Phi) is 4.33. The summed E-state index contributed by atoms with van der Waals surface area (Å²) in [4.78, 5) is 20.3. The predicted molar refractivity (Wildman–Crippen MR) is 83.2 cm³/mol. The molecule has 2 aromatic heterocycles. The summed E-state index contributed by atoms with van der Waals surface area (Å²) >= 11 is 0. The molecular formula is C17H13F2N3O2. The van der Waals surface area contributed by atoms with Crippen molar-refractivity contribution < 1.29 is 18.0 Å². The van der Waals surface area contributed by atoms with Gasteiger partial charge in [0, 0.05) is 12.4 Å². The average Bonchev–Trinajstić information content (AvgIpc) is 2.93. The molecule has 0 spiro atoms. The minimum atomic E-state index is -0.837. The van der Waals surface area contributed by atoms with Crippen LogP contribution in [0.1, 0.15) is 11.5 Å². The number of nitrogens with zero attached hydrogens (tertiary/aromatic N) is 2.